The van der Waals surface area contributed by atoms with Gasteiger partial charge in [-0.2, -0.15) is 0 Å². The van der Waals surface area contributed by atoms with E-state index in [0.717, 1.165) is 49.2 Å². The molecule has 25 heavy (non-hydrogen) atoms. The lowest BCUT2D eigenvalue weighted by molar-refractivity contribution is -0.132. The highest BCUT2D eigenvalue weighted by atomic mass is 16.2. The Bertz CT molecular complexity index is 769. The Kier molecular flexibility index (Phi) is 4.30. The van der Waals surface area contributed by atoms with Crippen LogP contribution < -0.4 is 4.90 Å². The molecule has 1 saturated heterocycles. The zero-order valence-corrected chi connectivity index (χ0v) is 14.3. The SMILES string of the molecule is O=C1CCCc2ccccc2N1CC(=O)N1CCCC1c1ccc[nH]1. The van der Waals surface area contributed by atoms with Crippen molar-refractivity contribution in [3.05, 3.63) is 53.9 Å². The number of anilines is 1. The van der Waals surface area contributed by atoms with Crippen molar-refractivity contribution in [2.45, 2.75) is 38.1 Å². The third-order valence-electron chi connectivity index (χ3n) is 5.27. The van der Waals surface area contributed by atoms with Gasteiger partial charge in [-0.05, 0) is 49.4 Å². The van der Waals surface area contributed by atoms with Crippen molar-refractivity contribution >= 4 is 17.5 Å². The maximum atomic E-state index is 13.0. The lowest BCUT2D eigenvalue weighted by atomic mass is 10.1. The molecule has 0 aliphatic carbocycles. The third-order valence-corrected chi connectivity index (χ3v) is 5.27. The predicted octanol–water partition coefficient (Wildman–Crippen LogP) is 3.05. The second-order valence-corrected chi connectivity index (χ2v) is 6.83. The molecule has 1 unspecified atom stereocenters. The van der Waals surface area contributed by atoms with Crippen LogP contribution in [0.15, 0.2) is 42.6 Å². The van der Waals surface area contributed by atoms with Crippen LogP contribution in [-0.4, -0.2) is 34.8 Å². The quantitative estimate of drug-likeness (QED) is 0.936. The van der Waals surface area contributed by atoms with Gasteiger partial charge in [0, 0.05) is 30.5 Å². The number of aryl methyl sites for hydroxylation is 1. The predicted molar refractivity (Wildman–Crippen MR) is 96.2 cm³/mol. The number of carbonyl (C=O) groups is 2. The van der Waals surface area contributed by atoms with E-state index >= 15 is 0 Å². The molecule has 2 amide bonds. The van der Waals surface area contributed by atoms with E-state index < -0.39 is 0 Å². The van der Waals surface area contributed by atoms with Crippen molar-refractivity contribution in [2.24, 2.45) is 0 Å². The molecule has 130 valence electrons. The molecule has 1 aromatic heterocycles. The molecule has 1 atom stereocenters. The number of fused-ring (bicyclic) bond motifs is 1. The number of nitrogens with zero attached hydrogens (tertiary/aromatic N) is 2. The Morgan fingerprint density at radius 3 is 2.84 bits per heavy atom. The number of hydrogen-bond donors (Lipinski definition) is 1. The van der Waals surface area contributed by atoms with Crippen LogP contribution in [0.1, 0.15) is 43.0 Å². The van der Waals surface area contributed by atoms with Crippen LogP contribution in [0.4, 0.5) is 5.69 Å². The van der Waals surface area contributed by atoms with Gasteiger partial charge < -0.3 is 14.8 Å². The van der Waals surface area contributed by atoms with Gasteiger partial charge in [0.25, 0.3) is 0 Å². The molecule has 0 radical (unpaired) electrons. The molecule has 4 rings (SSSR count). The first-order valence-corrected chi connectivity index (χ1v) is 9.05. The van der Waals surface area contributed by atoms with Gasteiger partial charge >= 0.3 is 0 Å². The lowest BCUT2D eigenvalue weighted by Crippen LogP contribution is -2.42. The van der Waals surface area contributed by atoms with Gasteiger partial charge in [0.05, 0.1) is 6.04 Å². The monoisotopic (exact) mass is 337 g/mol. The molecular formula is C20H23N3O2. The number of amides is 2. The van der Waals surface area contributed by atoms with Crippen molar-refractivity contribution in [1.29, 1.82) is 0 Å². The summed E-state index contributed by atoms with van der Waals surface area (Å²) in [6.07, 6.45) is 6.10. The van der Waals surface area contributed by atoms with E-state index in [1.54, 1.807) is 4.90 Å². The average Bonchev–Trinajstić information content (AvgIpc) is 3.28. The van der Waals surface area contributed by atoms with Gasteiger partial charge in [0.1, 0.15) is 6.54 Å². The maximum absolute atomic E-state index is 13.0. The summed E-state index contributed by atoms with van der Waals surface area (Å²) in [5.74, 6) is 0.0797. The van der Waals surface area contributed by atoms with E-state index in [2.05, 4.69) is 11.1 Å². The molecule has 2 aliphatic heterocycles. The summed E-state index contributed by atoms with van der Waals surface area (Å²) in [6, 6.07) is 12.0. The molecule has 0 spiro atoms. The van der Waals surface area contributed by atoms with Gasteiger partial charge in [-0.1, -0.05) is 18.2 Å². The number of benzene rings is 1. The Labute approximate surface area is 147 Å². The fraction of sp³-hybridized carbons (Fsp3) is 0.400. The minimum Gasteiger partial charge on any atom is -0.363 e. The first-order valence-electron chi connectivity index (χ1n) is 9.05. The van der Waals surface area contributed by atoms with Gasteiger partial charge in [0.2, 0.25) is 11.8 Å². The minimum atomic E-state index is 0.0298. The smallest absolute Gasteiger partial charge is 0.243 e. The summed E-state index contributed by atoms with van der Waals surface area (Å²) in [7, 11) is 0. The van der Waals surface area contributed by atoms with Crippen molar-refractivity contribution in [2.75, 3.05) is 18.0 Å². The van der Waals surface area contributed by atoms with Gasteiger partial charge in [-0.15, -0.1) is 0 Å². The van der Waals surface area contributed by atoms with Crippen LogP contribution in [0.3, 0.4) is 0 Å². The van der Waals surface area contributed by atoms with E-state index in [9.17, 15) is 9.59 Å². The van der Waals surface area contributed by atoms with Gasteiger partial charge in [-0.3, -0.25) is 9.59 Å². The molecule has 1 N–H and O–H groups in total. The number of H-pyrrole nitrogens is 1. The van der Waals surface area contributed by atoms with Crippen molar-refractivity contribution in [3.8, 4) is 0 Å². The summed E-state index contributed by atoms with van der Waals surface area (Å²) >= 11 is 0. The number of likely N-dealkylation sites (tertiary alicyclic amines) is 1. The number of para-hydroxylation sites is 1. The number of nitrogens with one attached hydrogen (secondary N) is 1. The Morgan fingerprint density at radius 2 is 2.00 bits per heavy atom. The first kappa shape index (κ1) is 15.9. The summed E-state index contributed by atoms with van der Waals surface area (Å²) in [5.41, 5.74) is 3.13. The highest BCUT2D eigenvalue weighted by Gasteiger charge is 2.33. The molecule has 1 aromatic carbocycles. The summed E-state index contributed by atoms with van der Waals surface area (Å²) < 4.78 is 0. The fourth-order valence-corrected chi connectivity index (χ4v) is 4.02. The number of hydrogen-bond acceptors (Lipinski definition) is 2. The zero-order chi connectivity index (χ0) is 17.2. The van der Waals surface area contributed by atoms with Gasteiger partial charge in [-0.25, -0.2) is 0 Å². The van der Waals surface area contributed by atoms with Crippen LogP contribution in [0.2, 0.25) is 0 Å². The van der Waals surface area contributed by atoms with E-state index in [1.165, 1.54) is 0 Å². The molecule has 5 nitrogen and oxygen atoms in total. The molecule has 5 heteroatoms. The van der Waals surface area contributed by atoms with Crippen LogP contribution in [-0.2, 0) is 16.0 Å². The molecule has 2 aromatic rings. The molecule has 1 fully saturated rings. The normalized spacial score (nSPS) is 20.5. The second-order valence-electron chi connectivity index (χ2n) is 6.83. The van der Waals surface area contributed by atoms with Crippen LogP contribution in [0.5, 0.6) is 0 Å². The first-order chi connectivity index (χ1) is 12.2. The van der Waals surface area contributed by atoms with Gasteiger partial charge in [0.15, 0.2) is 0 Å². The highest BCUT2D eigenvalue weighted by Crippen LogP contribution is 2.32. The van der Waals surface area contributed by atoms with Crippen molar-refractivity contribution in [3.63, 3.8) is 0 Å². The Hall–Kier alpha value is -2.56. The molecule has 3 heterocycles. The van der Waals surface area contributed by atoms with Crippen LogP contribution >= 0.6 is 0 Å². The Morgan fingerprint density at radius 1 is 1.12 bits per heavy atom. The summed E-state index contributed by atoms with van der Waals surface area (Å²) in [4.78, 5) is 32.4. The second kappa shape index (κ2) is 6.75. The van der Waals surface area contributed by atoms with E-state index in [-0.39, 0.29) is 24.4 Å². The van der Waals surface area contributed by atoms with Crippen molar-refractivity contribution < 1.29 is 9.59 Å². The number of aromatic nitrogens is 1. The Balaban J connectivity index is 1.56. The number of aromatic amines is 1. The van der Waals surface area contributed by atoms with Crippen molar-refractivity contribution in [1.82, 2.24) is 9.88 Å². The van der Waals surface area contributed by atoms with E-state index in [1.807, 2.05) is 41.4 Å². The molecule has 0 saturated carbocycles. The zero-order valence-electron chi connectivity index (χ0n) is 14.3. The highest BCUT2D eigenvalue weighted by molar-refractivity contribution is 6.00. The number of rotatable bonds is 3. The molecular weight excluding hydrogens is 314 g/mol. The molecule has 0 bridgehead atoms. The van der Waals surface area contributed by atoms with Crippen LogP contribution in [0.25, 0.3) is 0 Å². The topological polar surface area (TPSA) is 56.4 Å². The maximum Gasteiger partial charge on any atom is 0.243 e. The third kappa shape index (κ3) is 3.06. The van der Waals surface area contributed by atoms with E-state index in [0.29, 0.717) is 6.42 Å². The average molecular weight is 337 g/mol. The standard InChI is InChI=1S/C20H23N3O2/c24-19-11-3-7-15-6-1-2-9-17(15)23(19)14-20(25)22-13-5-10-18(22)16-8-4-12-21-16/h1-2,4,6,8-9,12,18,21H,3,5,7,10-11,13-14H2. The largest absolute Gasteiger partial charge is 0.363 e. The molecule has 2 aliphatic rings. The minimum absolute atomic E-state index is 0.0298. The summed E-state index contributed by atoms with van der Waals surface area (Å²) in [6.45, 7) is 0.888. The summed E-state index contributed by atoms with van der Waals surface area (Å²) in [5, 5.41) is 0. The fourth-order valence-electron chi connectivity index (χ4n) is 4.02. The van der Waals surface area contributed by atoms with E-state index in [4.69, 9.17) is 0 Å². The van der Waals surface area contributed by atoms with Crippen LogP contribution in [0, 0.1) is 0 Å². The lowest BCUT2D eigenvalue weighted by Gasteiger charge is -2.28. The number of carbonyl (C=O) groups excluding carboxylic acids is 2.